The Labute approximate surface area is 137 Å². The lowest BCUT2D eigenvalue weighted by Gasteiger charge is -2.25. The van der Waals surface area contributed by atoms with E-state index < -0.39 is 0 Å². The second-order valence-electron chi connectivity index (χ2n) is 6.78. The number of para-hydroxylation sites is 1. The first-order valence-electron chi connectivity index (χ1n) is 8.59. The monoisotopic (exact) mass is 314 g/mol. The zero-order chi connectivity index (χ0) is 16.4. The van der Waals surface area contributed by atoms with E-state index in [9.17, 15) is 9.90 Å². The average molecular weight is 314 g/mol. The molecule has 2 unspecified atom stereocenters. The molecule has 1 aromatic carbocycles. The average Bonchev–Trinajstić information content (AvgIpc) is 3.12. The van der Waals surface area contributed by atoms with Gasteiger partial charge in [-0.1, -0.05) is 18.2 Å². The third-order valence-electron chi connectivity index (χ3n) is 4.93. The Bertz CT molecular complexity index is 690. The first-order valence-corrected chi connectivity index (χ1v) is 8.59. The molecule has 2 aromatic rings. The summed E-state index contributed by atoms with van der Waals surface area (Å²) in [7, 11) is 0. The second-order valence-corrected chi connectivity index (χ2v) is 6.78. The van der Waals surface area contributed by atoms with Crippen LogP contribution in [0.3, 0.4) is 0 Å². The van der Waals surface area contributed by atoms with Gasteiger partial charge in [-0.15, -0.1) is 0 Å². The van der Waals surface area contributed by atoms with Crippen molar-refractivity contribution in [2.45, 2.75) is 58.1 Å². The van der Waals surface area contributed by atoms with Crippen LogP contribution in [-0.2, 0) is 11.2 Å². The molecule has 23 heavy (non-hydrogen) atoms. The zero-order valence-electron chi connectivity index (χ0n) is 14.0. The molecule has 0 spiro atoms. The zero-order valence-corrected chi connectivity index (χ0v) is 14.0. The smallest absolute Gasteiger partial charge is 0.223 e. The summed E-state index contributed by atoms with van der Waals surface area (Å²) < 4.78 is 0. The number of amides is 1. The summed E-state index contributed by atoms with van der Waals surface area (Å²) in [5, 5.41) is 10.8. The number of H-pyrrole nitrogens is 1. The van der Waals surface area contributed by atoms with E-state index in [1.54, 1.807) is 6.92 Å². The fraction of sp³-hybridized carbons (Fsp3) is 0.526. The van der Waals surface area contributed by atoms with Crippen molar-refractivity contribution < 1.29 is 9.90 Å². The van der Waals surface area contributed by atoms with E-state index in [1.807, 2.05) is 11.1 Å². The maximum Gasteiger partial charge on any atom is 0.223 e. The Balaban J connectivity index is 1.65. The van der Waals surface area contributed by atoms with Crippen LogP contribution in [0.2, 0.25) is 0 Å². The van der Waals surface area contributed by atoms with Gasteiger partial charge in [-0.3, -0.25) is 4.79 Å². The molecule has 124 valence electrons. The molecule has 2 N–H and O–H groups in total. The standard InChI is InChI=1S/C19H26N2O2/c1-13-5-3-7-17-15(12-20-19(13)17)8-9-18(23)21-10-4-6-16(21)11-14(2)22/h3,5,7,12,14,16,20,22H,4,6,8-11H2,1-2H3. The minimum absolute atomic E-state index is 0.215. The van der Waals surface area contributed by atoms with E-state index in [2.05, 4.69) is 30.1 Å². The van der Waals surface area contributed by atoms with Crippen molar-refractivity contribution in [1.29, 1.82) is 0 Å². The van der Waals surface area contributed by atoms with Crippen molar-refractivity contribution >= 4 is 16.8 Å². The van der Waals surface area contributed by atoms with Gasteiger partial charge in [-0.25, -0.2) is 0 Å². The highest BCUT2D eigenvalue weighted by Gasteiger charge is 2.29. The number of aliphatic hydroxyl groups excluding tert-OH is 1. The number of carbonyl (C=O) groups is 1. The molecule has 0 saturated carbocycles. The van der Waals surface area contributed by atoms with Crippen molar-refractivity contribution in [1.82, 2.24) is 9.88 Å². The largest absolute Gasteiger partial charge is 0.393 e. The number of nitrogens with zero attached hydrogens (tertiary/aromatic N) is 1. The van der Waals surface area contributed by atoms with Gasteiger partial charge < -0.3 is 15.0 Å². The van der Waals surface area contributed by atoms with Crippen molar-refractivity contribution in [2.75, 3.05) is 6.54 Å². The maximum atomic E-state index is 12.6. The van der Waals surface area contributed by atoms with Crippen LogP contribution in [0.1, 0.15) is 43.7 Å². The quantitative estimate of drug-likeness (QED) is 0.890. The van der Waals surface area contributed by atoms with Crippen LogP contribution < -0.4 is 0 Å². The summed E-state index contributed by atoms with van der Waals surface area (Å²) in [6, 6.07) is 6.49. The molecule has 4 heteroatoms. The molecule has 0 bridgehead atoms. The van der Waals surface area contributed by atoms with Gasteiger partial charge in [0.25, 0.3) is 0 Å². The number of hydrogen-bond acceptors (Lipinski definition) is 2. The SMILES string of the molecule is Cc1cccc2c(CCC(=O)N3CCCC3CC(C)O)c[nH]c12. The Morgan fingerprint density at radius 3 is 3.09 bits per heavy atom. The number of fused-ring (bicyclic) bond motifs is 1. The number of aliphatic hydroxyl groups is 1. The van der Waals surface area contributed by atoms with E-state index in [-0.39, 0.29) is 18.1 Å². The molecular weight excluding hydrogens is 288 g/mol. The molecular formula is C19H26N2O2. The van der Waals surface area contributed by atoms with E-state index in [1.165, 1.54) is 22.0 Å². The number of aryl methyl sites for hydroxylation is 2. The van der Waals surface area contributed by atoms with Crippen molar-refractivity contribution in [3.05, 3.63) is 35.5 Å². The lowest BCUT2D eigenvalue weighted by atomic mass is 10.0. The maximum absolute atomic E-state index is 12.6. The van der Waals surface area contributed by atoms with Crippen LogP contribution in [-0.4, -0.2) is 39.6 Å². The Morgan fingerprint density at radius 1 is 1.48 bits per heavy atom. The summed E-state index contributed by atoms with van der Waals surface area (Å²) in [6.45, 7) is 4.73. The Morgan fingerprint density at radius 2 is 2.30 bits per heavy atom. The van der Waals surface area contributed by atoms with Gasteiger partial charge in [0, 0.05) is 36.1 Å². The molecule has 1 fully saturated rings. The van der Waals surface area contributed by atoms with Gasteiger partial charge in [0.1, 0.15) is 0 Å². The highest BCUT2D eigenvalue weighted by molar-refractivity contribution is 5.86. The number of aromatic amines is 1. The highest BCUT2D eigenvalue weighted by atomic mass is 16.3. The highest BCUT2D eigenvalue weighted by Crippen LogP contribution is 2.25. The molecule has 1 aromatic heterocycles. The minimum Gasteiger partial charge on any atom is -0.393 e. The molecule has 2 atom stereocenters. The van der Waals surface area contributed by atoms with Crippen LogP contribution in [0, 0.1) is 6.92 Å². The van der Waals surface area contributed by atoms with Crippen LogP contribution >= 0.6 is 0 Å². The van der Waals surface area contributed by atoms with Crippen LogP contribution in [0.15, 0.2) is 24.4 Å². The van der Waals surface area contributed by atoms with Crippen LogP contribution in [0.25, 0.3) is 10.9 Å². The van der Waals surface area contributed by atoms with Gasteiger partial charge >= 0.3 is 0 Å². The third kappa shape index (κ3) is 3.42. The molecule has 0 radical (unpaired) electrons. The van der Waals surface area contributed by atoms with Gasteiger partial charge in [-0.05, 0) is 50.7 Å². The number of aromatic nitrogens is 1. The van der Waals surface area contributed by atoms with Crippen LogP contribution in [0.5, 0.6) is 0 Å². The van der Waals surface area contributed by atoms with E-state index in [4.69, 9.17) is 0 Å². The van der Waals surface area contributed by atoms with Gasteiger partial charge in [0.05, 0.1) is 6.10 Å². The number of hydrogen-bond donors (Lipinski definition) is 2. The molecule has 4 nitrogen and oxygen atoms in total. The summed E-state index contributed by atoms with van der Waals surface area (Å²) in [4.78, 5) is 17.9. The fourth-order valence-electron chi connectivity index (χ4n) is 3.76. The molecule has 0 aliphatic carbocycles. The summed E-state index contributed by atoms with van der Waals surface area (Å²) in [5.74, 6) is 0.218. The molecule has 3 rings (SSSR count). The Hall–Kier alpha value is -1.81. The van der Waals surface area contributed by atoms with Gasteiger partial charge in [0.15, 0.2) is 0 Å². The van der Waals surface area contributed by atoms with Gasteiger partial charge in [-0.2, -0.15) is 0 Å². The number of likely N-dealkylation sites (tertiary alicyclic amines) is 1. The molecule has 1 aliphatic heterocycles. The van der Waals surface area contributed by atoms with E-state index in [0.29, 0.717) is 12.8 Å². The molecule has 2 heterocycles. The number of rotatable bonds is 5. The normalized spacial score (nSPS) is 19.4. The Kier molecular flexibility index (Phi) is 4.71. The van der Waals surface area contributed by atoms with Crippen molar-refractivity contribution in [3.8, 4) is 0 Å². The first-order chi connectivity index (χ1) is 11.1. The second kappa shape index (κ2) is 6.75. The summed E-state index contributed by atoms with van der Waals surface area (Å²) in [6.07, 6.45) is 5.75. The summed E-state index contributed by atoms with van der Waals surface area (Å²) >= 11 is 0. The van der Waals surface area contributed by atoms with Crippen LogP contribution in [0.4, 0.5) is 0 Å². The number of benzene rings is 1. The predicted octanol–water partition coefficient (Wildman–Crippen LogP) is 3.17. The lowest BCUT2D eigenvalue weighted by molar-refractivity contribution is -0.132. The molecule has 1 amide bonds. The van der Waals surface area contributed by atoms with Crippen molar-refractivity contribution in [2.24, 2.45) is 0 Å². The van der Waals surface area contributed by atoms with E-state index in [0.717, 1.165) is 25.8 Å². The topological polar surface area (TPSA) is 56.3 Å². The van der Waals surface area contributed by atoms with Gasteiger partial charge in [0.2, 0.25) is 5.91 Å². The number of nitrogens with one attached hydrogen (secondary N) is 1. The van der Waals surface area contributed by atoms with E-state index >= 15 is 0 Å². The summed E-state index contributed by atoms with van der Waals surface area (Å²) in [5.41, 5.74) is 3.61. The van der Waals surface area contributed by atoms with Crippen molar-refractivity contribution in [3.63, 3.8) is 0 Å². The lowest BCUT2D eigenvalue weighted by Crippen LogP contribution is -2.37. The molecule has 1 aliphatic rings. The predicted molar refractivity (Wildman–Crippen MR) is 92.4 cm³/mol. The first kappa shape index (κ1) is 16.1. The fourth-order valence-corrected chi connectivity index (χ4v) is 3.76. The minimum atomic E-state index is -0.343. The third-order valence-corrected chi connectivity index (χ3v) is 4.93. The number of carbonyl (C=O) groups excluding carboxylic acids is 1. The molecule has 1 saturated heterocycles.